The predicted octanol–water partition coefficient (Wildman–Crippen LogP) is 4.59. The second-order valence-electron chi connectivity index (χ2n) is 8.25. The predicted molar refractivity (Wildman–Crippen MR) is 128 cm³/mol. The molecule has 0 bridgehead atoms. The Kier molecular flexibility index (Phi) is 8.57. The lowest BCUT2D eigenvalue weighted by Gasteiger charge is -2.32. The van der Waals surface area contributed by atoms with E-state index in [-0.39, 0.29) is 29.4 Å². The summed E-state index contributed by atoms with van der Waals surface area (Å²) in [7, 11) is 0. The van der Waals surface area contributed by atoms with Crippen LogP contribution >= 0.6 is 24.0 Å². The van der Waals surface area contributed by atoms with Crippen molar-refractivity contribution in [1.82, 2.24) is 10.3 Å². The van der Waals surface area contributed by atoms with Crippen LogP contribution in [0.15, 0.2) is 30.5 Å². The zero-order valence-electron chi connectivity index (χ0n) is 18.1. The molecule has 1 aromatic heterocycles. The van der Waals surface area contributed by atoms with Gasteiger partial charge in [0.1, 0.15) is 11.6 Å². The third-order valence-electron chi connectivity index (χ3n) is 6.02. The van der Waals surface area contributed by atoms with Gasteiger partial charge in [-0.2, -0.15) is 0 Å². The van der Waals surface area contributed by atoms with Crippen molar-refractivity contribution in [1.29, 1.82) is 0 Å². The molecule has 2 aromatic rings. The average molecular weight is 483 g/mol. The highest BCUT2D eigenvalue weighted by molar-refractivity contribution is 6.31. The SMILES string of the molecule is Cc1cnc(NC2CCC(NC(=O)c3ccc(F)c(Cl)c3)CC2)cc1N1CCOCC1.Cl. The summed E-state index contributed by atoms with van der Waals surface area (Å²) in [6, 6.07) is 6.60. The minimum atomic E-state index is -0.522. The van der Waals surface area contributed by atoms with Crippen molar-refractivity contribution < 1.29 is 13.9 Å². The molecule has 1 saturated heterocycles. The highest BCUT2D eigenvalue weighted by atomic mass is 35.5. The molecule has 2 N–H and O–H groups in total. The third-order valence-corrected chi connectivity index (χ3v) is 6.31. The topological polar surface area (TPSA) is 66.5 Å². The Morgan fingerprint density at radius 3 is 2.53 bits per heavy atom. The molecule has 1 aromatic carbocycles. The molecule has 9 heteroatoms. The fourth-order valence-corrected chi connectivity index (χ4v) is 4.41. The van der Waals surface area contributed by atoms with Gasteiger partial charge in [0.05, 0.1) is 18.2 Å². The second kappa shape index (κ2) is 11.2. The number of nitrogens with zero attached hydrogens (tertiary/aromatic N) is 2. The number of pyridine rings is 1. The van der Waals surface area contributed by atoms with Crippen molar-refractivity contribution in [3.8, 4) is 0 Å². The number of carbonyl (C=O) groups excluding carboxylic acids is 1. The first-order chi connectivity index (χ1) is 15.0. The maximum Gasteiger partial charge on any atom is 0.251 e. The van der Waals surface area contributed by atoms with Gasteiger partial charge in [0.2, 0.25) is 0 Å². The number of halogens is 3. The van der Waals surface area contributed by atoms with Crippen LogP contribution in [0.4, 0.5) is 15.9 Å². The number of hydrogen-bond donors (Lipinski definition) is 2. The molecular formula is C23H29Cl2FN4O2. The van der Waals surface area contributed by atoms with Gasteiger partial charge < -0.3 is 20.3 Å². The molecule has 6 nitrogen and oxygen atoms in total. The number of anilines is 2. The number of ether oxygens (including phenoxy) is 1. The average Bonchev–Trinajstić information content (AvgIpc) is 2.79. The minimum absolute atomic E-state index is 0. The minimum Gasteiger partial charge on any atom is -0.378 e. The molecule has 2 heterocycles. The summed E-state index contributed by atoms with van der Waals surface area (Å²) in [5.74, 6) is 0.153. The lowest BCUT2D eigenvalue weighted by molar-refractivity contribution is 0.0926. The van der Waals surface area contributed by atoms with Gasteiger partial charge in [-0.05, 0) is 56.4 Å². The molecule has 174 valence electrons. The molecule has 1 saturated carbocycles. The van der Waals surface area contributed by atoms with E-state index >= 15 is 0 Å². The molecule has 0 radical (unpaired) electrons. The number of carbonyl (C=O) groups is 1. The van der Waals surface area contributed by atoms with Crippen LogP contribution in [0.1, 0.15) is 41.6 Å². The van der Waals surface area contributed by atoms with Gasteiger partial charge in [0.25, 0.3) is 5.91 Å². The molecule has 1 aliphatic heterocycles. The lowest BCUT2D eigenvalue weighted by Crippen LogP contribution is -2.40. The molecule has 2 fully saturated rings. The normalized spacial score (nSPS) is 20.9. The summed E-state index contributed by atoms with van der Waals surface area (Å²) in [4.78, 5) is 19.4. The molecule has 0 atom stereocenters. The quantitative estimate of drug-likeness (QED) is 0.651. The van der Waals surface area contributed by atoms with Crippen LogP contribution < -0.4 is 15.5 Å². The molecule has 0 unspecified atom stereocenters. The van der Waals surface area contributed by atoms with E-state index in [2.05, 4.69) is 33.5 Å². The maximum absolute atomic E-state index is 13.3. The van der Waals surface area contributed by atoms with Gasteiger partial charge in [-0.1, -0.05) is 11.6 Å². The van der Waals surface area contributed by atoms with E-state index in [0.29, 0.717) is 11.6 Å². The van der Waals surface area contributed by atoms with Crippen LogP contribution in [-0.4, -0.2) is 49.3 Å². The fourth-order valence-electron chi connectivity index (χ4n) is 4.23. The summed E-state index contributed by atoms with van der Waals surface area (Å²) >= 11 is 5.79. The standard InChI is InChI=1S/C23H28ClFN4O2.ClH/c1-15-14-26-22(13-21(15)29-8-10-31-11-9-29)27-17-3-5-18(6-4-17)28-23(30)16-2-7-20(25)19(24)12-16;/h2,7,12-14,17-18H,3-6,8-11H2,1H3,(H,26,27)(H,28,30);1H. The molecule has 2 aliphatic rings. The number of amides is 1. The zero-order chi connectivity index (χ0) is 21.8. The zero-order valence-corrected chi connectivity index (χ0v) is 19.6. The van der Waals surface area contributed by atoms with Crippen LogP contribution in [0, 0.1) is 12.7 Å². The number of morpholine rings is 1. The van der Waals surface area contributed by atoms with Gasteiger partial charge in [-0.3, -0.25) is 4.79 Å². The van der Waals surface area contributed by atoms with Crippen LogP contribution in [0.3, 0.4) is 0 Å². The van der Waals surface area contributed by atoms with Gasteiger partial charge in [-0.25, -0.2) is 9.37 Å². The number of aromatic nitrogens is 1. The fraction of sp³-hybridized carbons (Fsp3) is 0.478. The largest absolute Gasteiger partial charge is 0.378 e. The van der Waals surface area contributed by atoms with Crippen molar-refractivity contribution in [2.75, 3.05) is 36.5 Å². The molecule has 0 spiro atoms. The first-order valence-corrected chi connectivity index (χ1v) is 11.2. The highest BCUT2D eigenvalue weighted by Gasteiger charge is 2.24. The lowest BCUT2D eigenvalue weighted by atomic mass is 9.91. The van der Waals surface area contributed by atoms with E-state index in [4.69, 9.17) is 16.3 Å². The maximum atomic E-state index is 13.3. The monoisotopic (exact) mass is 482 g/mol. The van der Waals surface area contributed by atoms with Gasteiger partial charge >= 0.3 is 0 Å². The van der Waals surface area contributed by atoms with Crippen LogP contribution in [-0.2, 0) is 4.74 Å². The van der Waals surface area contributed by atoms with Crippen LogP contribution in [0.5, 0.6) is 0 Å². The van der Waals surface area contributed by atoms with E-state index in [9.17, 15) is 9.18 Å². The molecule has 1 amide bonds. The third kappa shape index (κ3) is 6.03. The molecular weight excluding hydrogens is 454 g/mol. The Morgan fingerprint density at radius 2 is 1.84 bits per heavy atom. The summed E-state index contributed by atoms with van der Waals surface area (Å²) in [5, 5.41) is 6.57. The van der Waals surface area contributed by atoms with Crippen molar-refractivity contribution in [2.24, 2.45) is 0 Å². The Bertz CT molecular complexity index is 932. The summed E-state index contributed by atoms with van der Waals surface area (Å²) < 4.78 is 18.8. The van der Waals surface area contributed by atoms with Crippen molar-refractivity contribution in [3.05, 3.63) is 52.4 Å². The number of benzene rings is 1. The Labute approximate surface area is 199 Å². The van der Waals surface area contributed by atoms with Crippen LogP contribution in [0.25, 0.3) is 0 Å². The first kappa shape index (κ1) is 24.6. The van der Waals surface area contributed by atoms with E-state index in [1.807, 2.05) is 6.20 Å². The Balaban J connectivity index is 0.00000289. The van der Waals surface area contributed by atoms with Gasteiger partial charge in [0.15, 0.2) is 0 Å². The summed E-state index contributed by atoms with van der Waals surface area (Å²) in [6.45, 7) is 5.39. The second-order valence-corrected chi connectivity index (χ2v) is 8.66. The summed E-state index contributed by atoms with van der Waals surface area (Å²) in [6.07, 6.45) is 5.56. The molecule has 32 heavy (non-hydrogen) atoms. The number of rotatable bonds is 5. The van der Waals surface area contributed by atoms with E-state index in [0.717, 1.165) is 57.8 Å². The van der Waals surface area contributed by atoms with Crippen LogP contribution in [0.2, 0.25) is 5.02 Å². The Morgan fingerprint density at radius 1 is 1.16 bits per heavy atom. The van der Waals surface area contributed by atoms with Gasteiger partial charge in [0, 0.05) is 48.7 Å². The van der Waals surface area contributed by atoms with E-state index in [1.54, 1.807) is 0 Å². The molecule has 4 rings (SSSR count). The highest BCUT2D eigenvalue weighted by Crippen LogP contribution is 2.27. The Hall–Kier alpha value is -2.09. The number of nitrogens with one attached hydrogen (secondary N) is 2. The van der Waals surface area contributed by atoms with Gasteiger partial charge in [-0.15, -0.1) is 12.4 Å². The van der Waals surface area contributed by atoms with Crippen molar-refractivity contribution in [2.45, 2.75) is 44.7 Å². The molecule has 1 aliphatic carbocycles. The van der Waals surface area contributed by atoms with E-state index < -0.39 is 5.82 Å². The van der Waals surface area contributed by atoms with E-state index in [1.165, 1.54) is 29.4 Å². The van der Waals surface area contributed by atoms with Crippen molar-refractivity contribution in [3.63, 3.8) is 0 Å². The number of aryl methyl sites for hydroxylation is 1. The smallest absolute Gasteiger partial charge is 0.251 e. The van der Waals surface area contributed by atoms with Crippen molar-refractivity contribution >= 4 is 41.4 Å². The summed E-state index contributed by atoms with van der Waals surface area (Å²) in [5.41, 5.74) is 2.76. The first-order valence-electron chi connectivity index (χ1n) is 10.8. The number of hydrogen-bond acceptors (Lipinski definition) is 5.